The van der Waals surface area contributed by atoms with Crippen molar-refractivity contribution in [1.29, 1.82) is 0 Å². The lowest BCUT2D eigenvalue weighted by Crippen LogP contribution is -2.54. The quantitative estimate of drug-likeness (QED) is 0.246. The summed E-state index contributed by atoms with van der Waals surface area (Å²) in [4.78, 5) is 62.3. The molecule has 1 unspecified atom stereocenters. The van der Waals surface area contributed by atoms with E-state index < -0.39 is 29.7 Å². The van der Waals surface area contributed by atoms with Crippen LogP contribution in [0, 0.1) is 0 Å². The highest BCUT2D eigenvalue weighted by molar-refractivity contribution is 7.98. The zero-order valence-corrected chi connectivity index (χ0v) is 22.7. The van der Waals surface area contributed by atoms with Crippen LogP contribution in [0.25, 0.3) is 0 Å². The van der Waals surface area contributed by atoms with E-state index in [1.54, 1.807) is 11.8 Å². The van der Waals surface area contributed by atoms with Crippen molar-refractivity contribution in [3.05, 3.63) is 0 Å². The molecule has 0 aromatic heterocycles. The molecule has 0 saturated carbocycles. The fourth-order valence-electron chi connectivity index (χ4n) is 3.44. The van der Waals surface area contributed by atoms with Crippen molar-refractivity contribution in [1.82, 2.24) is 26.2 Å². The summed E-state index contributed by atoms with van der Waals surface area (Å²) in [5, 5.41) is 10.0. The highest BCUT2D eigenvalue weighted by Gasteiger charge is 2.34. The van der Waals surface area contributed by atoms with Gasteiger partial charge in [0.1, 0.15) is 12.6 Å². The lowest BCUT2D eigenvalue weighted by molar-refractivity contribution is -0.141. The minimum absolute atomic E-state index is 0. The Bertz CT molecular complexity index is 712. The second-order valence-corrected chi connectivity index (χ2v) is 8.83. The number of hydrogen-bond acceptors (Lipinski definition) is 8. The fraction of sp³-hybridized carbons (Fsp3) is 0.783. The molecule has 0 bridgehead atoms. The molecule has 0 spiro atoms. The van der Waals surface area contributed by atoms with E-state index in [1.165, 1.54) is 7.11 Å². The molecule has 1 aliphatic heterocycles. The molecule has 0 aliphatic carbocycles. The summed E-state index contributed by atoms with van der Waals surface area (Å²) in [7, 11) is 1.20. The van der Waals surface area contributed by atoms with E-state index in [4.69, 9.17) is 0 Å². The SMILES string of the molecule is CC.CCC(C)N1CCC[C@H]1C(=O)N[C@@H](CCSC)C(=O)NCC(=O)NCC(=O)NCC(=O)OC.[HH].[HH].[HH].[HH]. The smallest absolute Gasteiger partial charge is 0.325 e. The molecular weight excluding hydrogens is 474 g/mol. The van der Waals surface area contributed by atoms with Crippen LogP contribution >= 0.6 is 11.8 Å². The van der Waals surface area contributed by atoms with E-state index >= 15 is 0 Å². The van der Waals surface area contributed by atoms with Crippen LogP contribution in [0.5, 0.6) is 0 Å². The van der Waals surface area contributed by atoms with Crippen molar-refractivity contribution in [2.75, 3.05) is 45.3 Å². The van der Waals surface area contributed by atoms with Crippen molar-refractivity contribution in [2.45, 2.75) is 71.5 Å². The number of ether oxygens (including phenoxy) is 1. The summed E-state index contributed by atoms with van der Waals surface area (Å²) in [6.45, 7) is 8.07. The van der Waals surface area contributed by atoms with E-state index in [0.29, 0.717) is 12.2 Å². The largest absolute Gasteiger partial charge is 0.468 e. The average Bonchev–Trinajstić information content (AvgIpc) is 3.37. The molecule has 1 heterocycles. The van der Waals surface area contributed by atoms with Crippen LogP contribution in [0.1, 0.15) is 59.1 Å². The number of esters is 1. The Hall–Kier alpha value is -2.34. The predicted molar refractivity (Wildman–Crippen MR) is 145 cm³/mol. The molecule has 3 atom stereocenters. The number of nitrogens with zero attached hydrogens (tertiary/aromatic N) is 1. The van der Waals surface area contributed by atoms with Gasteiger partial charge in [0.05, 0.1) is 26.2 Å². The number of methoxy groups -OCH3 is 1. The van der Waals surface area contributed by atoms with Gasteiger partial charge in [0.2, 0.25) is 23.6 Å². The van der Waals surface area contributed by atoms with E-state index in [2.05, 4.69) is 44.8 Å². The first-order valence-electron chi connectivity index (χ1n) is 12.2. The Morgan fingerprint density at radius 2 is 1.66 bits per heavy atom. The monoisotopic (exact) mass is 525 g/mol. The van der Waals surface area contributed by atoms with Crippen LogP contribution in [-0.4, -0.2) is 97.9 Å². The Morgan fingerprint density at radius 1 is 1.06 bits per heavy atom. The Labute approximate surface area is 219 Å². The second-order valence-electron chi connectivity index (χ2n) is 7.84. The molecule has 4 amide bonds. The molecule has 1 aliphatic rings. The third-order valence-electron chi connectivity index (χ3n) is 5.52. The molecule has 11 nitrogen and oxygen atoms in total. The average molecular weight is 526 g/mol. The zero-order valence-electron chi connectivity index (χ0n) is 21.9. The number of rotatable bonds is 14. The molecule has 35 heavy (non-hydrogen) atoms. The van der Waals surface area contributed by atoms with Crippen LogP contribution in [0.2, 0.25) is 0 Å². The lowest BCUT2D eigenvalue weighted by atomic mass is 10.1. The molecule has 1 saturated heterocycles. The highest BCUT2D eigenvalue weighted by Crippen LogP contribution is 2.21. The van der Waals surface area contributed by atoms with Crippen molar-refractivity contribution >= 4 is 41.4 Å². The van der Waals surface area contributed by atoms with Gasteiger partial charge in [-0.1, -0.05) is 20.8 Å². The Balaban J connectivity index is -0.000000626. The number of carbonyl (C=O) groups excluding carboxylic acids is 5. The van der Waals surface area contributed by atoms with Crippen LogP contribution in [0.3, 0.4) is 0 Å². The van der Waals surface area contributed by atoms with Gasteiger partial charge in [-0.2, -0.15) is 11.8 Å². The molecular formula is C23H51N5O6S. The third kappa shape index (κ3) is 12.8. The second kappa shape index (κ2) is 18.9. The minimum atomic E-state index is -0.750. The maximum Gasteiger partial charge on any atom is 0.325 e. The van der Waals surface area contributed by atoms with Crippen molar-refractivity contribution in [2.24, 2.45) is 0 Å². The van der Waals surface area contributed by atoms with Crippen LogP contribution in [0.4, 0.5) is 0 Å². The summed E-state index contributed by atoms with van der Waals surface area (Å²) >= 11 is 1.56. The van der Waals surface area contributed by atoms with Crippen LogP contribution in [0.15, 0.2) is 0 Å². The maximum atomic E-state index is 12.9. The van der Waals surface area contributed by atoms with Gasteiger partial charge in [-0.25, -0.2) is 0 Å². The first-order chi connectivity index (χ1) is 16.7. The maximum absolute atomic E-state index is 12.9. The fourth-order valence-corrected chi connectivity index (χ4v) is 3.91. The third-order valence-corrected chi connectivity index (χ3v) is 6.17. The number of amides is 4. The van der Waals surface area contributed by atoms with Gasteiger partial charge in [-0.05, 0) is 51.2 Å². The summed E-state index contributed by atoms with van der Waals surface area (Å²) in [6.07, 6.45) is 4.99. The molecule has 1 fully saturated rings. The van der Waals surface area contributed by atoms with Gasteiger partial charge < -0.3 is 26.0 Å². The Morgan fingerprint density at radius 3 is 2.23 bits per heavy atom. The molecule has 210 valence electrons. The van der Waals surface area contributed by atoms with Crippen molar-refractivity contribution in [3.63, 3.8) is 0 Å². The lowest BCUT2D eigenvalue weighted by Gasteiger charge is -2.30. The van der Waals surface area contributed by atoms with Crippen LogP contribution in [-0.2, 0) is 28.7 Å². The first-order valence-corrected chi connectivity index (χ1v) is 13.6. The minimum Gasteiger partial charge on any atom is -0.468 e. The standard InChI is InChI=1S/C21H37N5O6S.C2H6.4H2/c1-5-14(2)26-9-6-7-16(26)21(31)25-15(8-10-33-4)20(30)24-12-18(28)22-11-17(27)23-13-19(29)32-3;1-2;;;;/h14-16H,5-13H2,1-4H3,(H,22,28)(H,23,27)(H,24,30)(H,25,31);1-2H3;4*1H/t14?,15-,16-;;;;;/m0...../s1. The van der Waals surface area contributed by atoms with Gasteiger partial charge >= 0.3 is 5.97 Å². The summed E-state index contributed by atoms with van der Waals surface area (Å²) in [6, 6.07) is -0.716. The van der Waals surface area contributed by atoms with Crippen molar-refractivity contribution < 1.29 is 34.4 Å². The summed E-state index contributed by atoms with van der Waals surface area (Å²) in [5.74, 6) is -1.68. The number of likely N-dealkylation sites (tertiary alicyclic amines) is 1. The van der Waals surface area contributed by atoms with E-state index in [9.17, 15) is 24.0 Å². The summed E-state index contributed by atoms with van der Waals surface area (Å²) in [5.41, 5.74) is 0. The highest BCUT2D eigenvalue weighted by atomic mass is 32.2. The van der Waals surface area contributed by atoms with Gasteiger partial charge in [0, 0.05) is 11.7 Å². The number of carbonyl (C=O) groups is 5. The Kier molecular flexibility index (Phi) is 17.7. The van der Waals surface area contributed by atoms with E-state index in [1.807, 2.05) is 20.1 Å². The summed E-state index contributed by atoms with van der Waals surface area (Å²) < 4.78 is 4.40. The van der Waals surface area contributed by atoms with Gasteiger partial charge in [0.15, 0.2) is 0 Å². The van der Waals surface area contributed by atoms with E-state index in [-0.39, 0.29) is 43.3 Å². The molecule has 0 aromatic carbocycles. The van der Waals surface area contributed by atoms with Crippen LogP contribution < -0.4 is 21.3 Å². The molecule has 0 aromatic rings. The number of nitrogens with one attached hydrogen (secondary N) is 4. The predicted octanol–water partition coefficient (Wildman–Crippen LogP) is 1.02. The zero-order chi connectivity index (χ0) is 26.8. The number of thioether (sulfide) groups is 1. The first kappa shape index (κ1) is 32.7. The molecule has 0 radical (unpaired) electrons. The van der Waals surface area contributed by atoms with Gasteiger partial charge in [-0.15, -0.1) is 0 Å². The molecule has 12 heteroatoms. The number of hydrogen-bond donors (Lipinski definition) is 4. The van der Waals surface area contributed by atoms with Gasteiger partial charge in [-0.3, -0.25) is 28.9 Å². The molecule has 1 rings (SSSR count). The molecule has 4 N–H and O–H groups in total. The van der Waals surface area contributed by atoms with Crippen molar-refractivity contribution in [3.8, 4) is 0 Å². The van der Waals surface area contributed by atoms with E-state index in [0.717, 1.165) is 25.8 Å². The van der Waals surface area contributed by atoms with Gasteiger partial charge in [0.25, 0.3) is 0 Å². The topological polar surface area (TPSA) is 146 Å². The normalized spacial score (nSPS) is 16.7.